The van der Waals surface area contributed by atoms with Crippen molar-refractivity contribution in [2.75, 3.05) is 13.1 Å². The molecule has 0 N–H and O–H groups in total. The van der Waals surface area contributed by atoms with Gasteiger partial charge < -0.3 is 4.52 Å². The van der Waals surface area contributed by atoms with Gasteiger partial charge in [-0.25, -0.2) is 0 Å². The molecular weight excluding hydrogens is 344 g/mol. The van der Waals surface area contributed by atoms with Crippen molar-refractivity contribution < 1.29 is 4.52 Å². The molecule has 0 amide bonds. The van der Waals surface area contributed by atoms with E-state index in [0.29, 0.717) is 11.7 Å². The van der Waals surface area contributed by atoms with Crippen molar-refractivity contribution in [1.82, 2.24) is 20.0 Å². The van der Waals surface area contributed by atoms with Crippen LogP contribution in [0.1, 0.15) is 29.5 Å². The van der Waals surface area contributed by atoms with E-state index in [2.05, 4.69) is 26.1 Å². The van der Waals surface area contributed by atoms with E-state index in [0.717, 1.165) is 48.3 Å². The first-order valence-electron chi connectivity index (χ1n) is 7.98. The zero-order chi connectivity index (χ0) is 16.4. The molecule has 1 fully saturated rings. The van der Waals surface area contributed by atoms with Crippen LogP contribution in [-0.4, -0.2) is 33.1 Å². The molecule has 0 bridgehead atoms. The van der Waals surface area contributed by atoms with Crippen molar-refractivity contribution in [1.29, 1.82) is 0 Å². The van der Waals surface area contributed by atoms with E-state index in [-0.39, 0.29) is 0 Å². The van der Waals surface area contributed by atoms with Crippen LogP contribution in [0.2, 0.25) is 4.34 Å². The molecule has 3 aromatic heterocycles. The van der Waals surface area contributed by atoms with Crippen LogP contribution in [0.4, 0.5) is 0 Å². The van der Waals surface area contributed by atoms with Gasteiger partial charge in [0.15, 0.2) is 0 Å². The highest BCUT2D eigenvalue weighted by Crippen LogP contribution is 2.30. The van der Waals surface area contributed by atoms with Crippen molar-refractivity contribution in [3.8, 4) is 11.4 Å². The number of halogens is 1. The Morgan fingerprint density at radius 3 is 2.67 bits per heavy atom. The first kappa shape index (κ1) is 15.7. The van der Waals surface area contributed by atoms with Gasteiger partial charge in [0.25, 0.3) is 0 Å². The lowest BCUT2D eigenvalue weighted by Gasteiger charge is -2.29. The number of pyridine rings is 1. The molecular formula is C17H17ClN4OS. The monoisotopic (exact) mass is 360 g/mol. The molecule has 0 saturated carbocycles. The summed E-state index contributed by atoms with van der Waals surface area (Å²) in [5.74, 6) is 1.74. The van der Waals surface area contributed by atoms with E-state index >= 15 is 0 Å². The Bertz CT molecular complexity index is 796. The Kier molecular flexibility index (Phi) is 4.60. The van der Waals surface area contributed by atoms with Crippen LogP contribution in [0.15, 0.2) is 41.2 Å². The Morgan fingerprint density at radius 1 is 1.17 bits per heavy atom. The van der Waals surface area contributed by atoms with E-state index < -0.39 is 0 Å². The molecule has 0 aromatic carbocycles. The lowest BCUT2D eigenvalue weighted by molar-refractivity contribution is 0.189. The maximum absolute atomic E-state index is 6.00. The molecule has 4 heterocycles. The SMILES string of the molecule is Clc1ccc(CN2CCC(c3nc(-c4ccncc4)no3)CC2)s1. The molecule has 7 heteroatoms. The maximum Gasteiger partial charge on any atom is 0.230 e. The summed E-state index contributed by atoms with van der Waals surface area (Å²) in [6.45, 7) is 3.04. The van der Waals surface area contributed by atoms with Gasteiger partial charge >= 0.3 is 0 Å². The quantitative estimate of drug-likeness (QED) is 0.697. The number of nitrogens with zero attached hydrogens (tertiary/aromatic N) is 4. The van der Waals surface area contributed by atoms with E-state index in [1.54, 1.807) is 23.7 Å². The first-order chi connectivity index (χ1) is 11.8. The number of piperidine rings is 1. The summed E-state index contributed by atoms with van der Waals surface area (Å²) in [7, 11) is 0. The van der Waals surface area contributed by atoms with Gasteiger partial charge in [0, 0.05) is 35.3 Å². The Morgan fingerprint density at radius 2 is 1.96 bits per heavy atom. The van der Waals surface area contributed by atoms with Gasteiger partial charge in [-0.3, -0.25) is 9.88 Å². The molecule has 124 valence electrons. The minimum absolute atomic E-state index is 0.344. The lowest BCUT2D eigenvalue weighted by Crippen LogP contribution is -2.32. The summed E-state index contributed by atoms with van der Waals surface area (Å²) in [6, 6.07) is 7.86. The van der Waals surface area contributed by atoms with Gasteiger partial charge in [-0.2, -0.15) is 4.98 Å². The zero-order valence-corrected chi connectivity index (χ0v) is 14.6. The zero-order valence-electron chi connectivity index (χ0n) is 13.1. The second-order valence-electron chi connectivity index (χ2n) is 5.95. The topological polar surface area (TPSA) is 55.1 Å². The molecule has 0 radical (unpaired) electrons. The van der Waals surface area contributed by atoms with Crippen LogP contribution < -0.4 is 0 Å². The summed E-state index contributed by atoms with van der Waals surface area (Å²) in [6.07, 6.45) is 5.55. The van der Waals surface area contributed by atoms with Crippen molar-refractivity contribution in [2.45, 2.75) is 25.3 Å². The third-order valence-electron chi connectivity index (χ3n) is 4.33. The summed E-state index contributed by atoms with van der Waals surface area (Å²) < 4.78 is 6.36. The fourth-order valence-electron chi connectivity index (χ4n) is 3.01. The molecule has 0 atom stereocenters. The summed E-state index contributed by atoms with van der Waals surface area (Å²) in [4.78, 5) is 12.4. The highest BCUT2D eigenvalue weighted by atomic mass is 35.5. The number of thiophene rings is 1. The molecule has 1 aliphatic heterocycles. The van der Waals surface area contributed by atoms with Gasteiger partial charge in [0.05, 0.1) is 4.34 Å². The summed E-state index contributed by atoms with van der Waals surface area (Å²) >= 11 is 7.66. The minimum atomic E-state index is 0.344. The number of aromatic nitrogens is 3. The number of hydrogen-bond donors (Lipinski definition) is 0. The Hall–Kier alpha value is -1.76. The molecule has 1 saturated heterocycles. The van der Waals surface area contributed by atoms with Gasteiger partial charge in [-0.15, -0.1) is 11.3 Å². The van der Waals surface area contributed by atoms with Crippen molar-refractivity contribution in [3.63, 3.8) is 0 Å². The third-order valence-corrected chi connectivity index (χ3v) is 5.54. The Labute approximate surface area is 149 Å². The maximum atomic E-state index is 6.00. The van der Waals surface area contributed by atoms with E-state index in [9.17, 15) is 0 Å². The molecule has 24 heavy (non-hydrogen) atoms. The average Bonchev–Trinajstić information content (AvgIpc) is 3.26. The average molecular weight is 361 g/mol. The molecule has 1 aliphatic rings. The summed E-state index contributed by atoms with van der Waals surface area (Å²) in [5.41, 5.74) is 0.937. The number of likely N-dealkylation sites (tertiary alicyclic amines) is 1. The van der Waals surface area contributed by atoms with Gasteiger partial charge in [-0.1, -0.05) is 16.8 Å². The van der Waals surface area contributed by atoms with Crippen LogP contribution >= 0.6 is 22.9 Å². The van der Waals surface area contributed by atoms with Crippen LogP contribution in [0.5, 0.6) is 0 Å². The van der Waals surface area contributed by atoms with Crippen LogP contribution in [0.3, 0.4) is 0 Å². The van der Waals surface area contributed by atoms with E-state index in [1.807, 2.05) is 18.2 Å². The van der Waals surface area contributed by atoms with Crippen molar-refractivity contribution in [3.05, 3.63) is 51.8 Å². The minimum Gasteiger partial charge on any atom is -0.339 e. The van der Waals surface area contributed by atoms with E-state index in [1.165, 1.54) is 4.88 Å². The van der Waals surface area contributed by atoms with Crippen LogP contribution in [-0.2, 0) is 6.54 Å². The molecule has 4 rings (SSSR count). The lowest BCUT2D eigenvalue weighted by atomic mass is 9.97. The fraction of sp³-hybridized carbons (Fsp3) is 0.353. The number of rotatable bonds is 4. The number of hydrogen-bond acceptors (Lipinski definition) is 6. The fourth-order valence-corrected chi connectivity index (χ4v) is 4.14. The van der Waals surface area contributed by atoms with Gasteiger partial charge in [0.1, 0.15) is 0 Å². The van der Waals surface area contributed by atoms with Crippen molar-refractivity contribution >= 4 is 22.9 Å². The summed E-state index contributed by atoms with van der Waals surface area (Å²) in [5, 5.41) is 4.11. The standard InChI is InChI=1S/C17H17ClN4OS/c18-15-2-1-14(24-15)11-22-9-5-13(6-10-22)17-20-16(21-23-17)12-3-7-19-8-4-12/h1-4,7-8,13H,5-6,9-11H2. The molecule has 3 aromatic rings. The predicted molar refractivity (Wildman–Crippen MR) is 94.1 cm³/mol. The van der Waals surface area contributed by atoms with E-state index in [4.69, 9.17) is 16.1 Å². The molecule has 0 unspecified atom stereocenters. The smallest absolute Gasteiger partial charge is 0.230 e. The highest BCUT2D eigenvalue weighted by Gasteiger charge is 2.25. The van der Waals surface area contributed by atoms with Crippen molar-refractivity contribution in [2.24, 2.45) is 0 Å². The third kappa shape index (κ3) is 3.50. The Balaban J connectivity index is 1.37. The van der Waals surface area contributed by atoms with Crippen LogP contribution in [0, 0.1) is 0 Å². The van der Waals surface area contributed by atoms with Gasteiger partial charge in [0.2, 0.25) is 11.7 Å². The normalized spacial score (nSPS) is 16.5. The highest BCUT2D eigenvalue weighted by molar-refractivity contribution is 7.16. The molecule has 0 aliphatic carbocycles. The first-order valence-corrected chi connectivity index (χ1v) is 9.18. The second kappa shape index (κ2) is 7.01. The largest absolute Gasteiger partial charge is 0.339 e. The van der Waals surface area contributed by atoms with Gasteiger partial charge in [-0.05, 0) is 50.2 Å². The molecule has 0 spiro atoms. The predicted octanol–water partition coefficient (Wildman–Crippen LogP) is 4.23. The molecule has 5 nitrogen and oxygen atoms in total. The second-order valence-corrected chi connectivity index (χ2v) is 7.75. The van der Waals surface area contributed by atoms with Crippen LogP contribution in [0.25, 0.3) is 11.4 Å².